The van der Waals surface area contributed by atoms with Crippen LogP contribution in [0.2, 0.25) is 0 Å². The summed E-state index contributed by atoms with van der Waals surface area (Å²) in [5, 5.41) is 9.23. The number of hydrogen-bond acceptors (Lipinski definition) is 4. The Hall–Kier alpha value is -1.89. The van der Waals surface area contributed by atoms with Crippen LogP contribution in [0.25, 0.3) is 0 Å². The van der Waals surface area contributed by atoms with Gasteiger partial charge < -0.3 is 0 Å². The number of carbonyl (C=O) groups excluding carboxylic acids is 1. The number of carboxylic acids is 1. The van der Waals surface area contributed by atoms with Crippen LogP contribution in [0.5, 0.6) is 0 Å². The summed E-state index contributed by atoms with van der Waals surface area (Å²) in [4.78, 5) is 31.0. The third kappa shape index (κ3) is 4.80. The summed E-state index contributed by atoms with van der Waals surface area (Å²) in [6.07, 6.45) is 2.82. The summed E-state index contributed by atoms with van der Waals surface area (Å²) in [5.74, 6) is -1.27. The number of hydrogen-bond donors (Lipinski definition) is 1. The maximum atomic E-state index is 12.4. The zero-order chi connectivity index (χ0) is 17.5. The summed E-state index contributed by atoms with van der Waals surface area (Å²) >= 11 is 3.58. The van der Waals surface area contributed by atoms with Gasteiger partial charge in [0.1, 0.15) is 0 Å². The number of thioether (sulfide) groups is 1. The quantitative estimate of drug-likeness (QED) is 0.466. The maximum absolute atomic E-state index is 12.4. The normalized spacial score (nSPS) is 15.9. The average molecular weight is 379 g/mol. The van der Waals surface area contributed by atoms with Crippen LogP contribution >= 0.6 is 11.8 Å². The van der Waals surface area contributed by atoms with E-state index in [0.717, 1.165) is 11.0 Å². The molecule has 1 aromatic carbocycles. The van der Waals surface area contributed by atoms with Crippen LogP contribution in [0, 0.1) is 0 Å². The van der Waals surface area contributed by atoms with Gasteiger partial charge in [0.25, 0.3) is 0 Å². The van der Waals surface area contributed by atoms with Crippen molar-refractivity contribution in [3.63, 3.8) is 0 Å². The van der Waals surface area contributed by atoms with Gasteiger partial charge in [0.15, 0.2) is 0 Å². The molecule has 5 nitrogen and oxygen atoms in total. The number of aliphatic imine (C=N–C) groups is 1. The van der Waals surface area contributed by atoms with Crippen molar-refractivity contribution in [3.05, 3.63) is 53.0 Å². The number of benzene rings is 1. The van der Waals surface area contributed by atoms with E-state index in [0.29, 0.717) is 29.3 Å². The van der Waals surface area contributed by atoms with Gasteiger partial charge in [0.2, 0.25) is 0 Å². The third-order valence-corrected chi connectivity index (χ3v) is 4.54. The molecule has 0 aliphatic carbocycles. The van der Waals surface area contributed by atoms with Crippen molar-refractivity contribution in [2.24, 2.45) is 4.99 Å². The molecular formula is C17H16N2O3SV. The minimum absolute atomic E-state index is 0.202. The van der Waals surface area contributed by atoms with Gasteiger partial charge in [-0.05, 0) is 0 Å². The molecule has 0 atom stereocenters. The van der Waals surface area contributed by atoms with E-state index in [9.17, 15) is 14.7 Å². The first-order valence-corrected chi connectivity index (χ1v) is 8.81. The molecule has 1 aliphatic rings. The van der Waals surface area contributed by atoms with Crippen molar-refractivity contribution in [2.45, 2.75) is 4.90 Å². The van der Waals surface area contributed by atoms with E-state index >= 15 is 0 Å². The molecule has 1 aromatic rings. The molecule has 0 unspecified atom stereocenters. The van der Waals surface area contributed by atoms with Crippen LogP contribution in [-0.4, -0.2) is 52.5 Å². The number of carboxylic acid groups (broad SMARTS) is 1. The Morgan fingerprint density at radius 3 is 2.71 bits per heavy atom. The Bertz CT molecular complexity index is 741. The van der Waals surface area contributed by atoms with Gasteiger partial charge in [-0.3, -0.25) is 0 Å². The topological polar surface area (TPSA) is 70.0 Å². The van der Waals surface area contributed by atoms with Gasteiger partial charge in [-0.2, -0.15) is 0 Å². The van der Waals surface area contributed by atoms with E-state index in [1.54, 1.807) is 22.8 Å². The Morgan fingerprint density at radius 2 is 2.08 bits per heavy atom. The van der Waals surface area contributed by atoms with Gasteiger partial charge in [0.05, 0.1) is 0 Å². The standard InChI is InChI=1S/C17H16N2O3S.V/c1-3-13(16-17(22)19(2)10-9-18-16)14(11-15(20)21)23-12-7-5-4-6-8-12;/h1,3-8,11H,9-10H2,2H3,(H,20,21);/b13-3+,14-11?;. The van der Waals surface area contributed by atoms with E-state index in [1.165, 1.54) is 11.8 Å². The van der Waals surface area contributed by atoms with Crippen LogP contribution in [0.15, 0.2) is 62.9 Å². The van der Waals surface area contributed by atoms with Crippen LogP contribution in [0.4, 0.5) is 0 Å². The Kier molecular flexibility index (Phi) is 6.78. The first kappa shape index (κ1) is 18.5. The van der Waals surface area contributed by atoms with Gasteiger partial charge >= 0.3 is 154 Å². The second-order valence-corrected chi connectivity index (χ2v) is 6.53. The number of rotatable bonds is 6. The second kappa shape index (κ2) is 8.82. The van der Waals surface area contributed by atoms with E-state index in [1.807, 2.05) is 30.3 Å². The average Bonchev–Trinajstić information content (AvgIpc) is 2.55. The summed E-state index contributed by atoms with van der Waals surface area (Å²) in [7, 11) is 1.71. The minimum atomic E-state index is -1.07. The fourth-order valence-electron chi connectivity index (χ4n) is 2.10. The van der Waals surface area contributed by atoms with Gasteiger partial charge in [0, 0.05) is 0 Å². The van der Waals surface area contributed by atoms with E-state index < -0.39 is 5.97 Å². The molecule has 1 heterocycles. The first-order valence-electron chi connectivity index (χ1n) is 7.19. The van der Waals surface area contributed by atoms with Crippen LogP contribution < -0.4 is 0 Å². The molecule has 1 aliphatic heterocycles. The summed E-state index contributed by atoms with van der Waals surface area (Å²) in [6, 6.07) is 9.43. The Morgan fingerprint density at radius 1 is 1.38 bits per heavy atom. The molecule has 0 aromatic heterocycles. The van der Waals surface area contributed by atoms with Crippen molar-refractivity contribution in [1.82, 2.24) is 4.90 Å². The molecule has 1 amide bonds. The van der Waals surface area contributed by atoms with Gasteiger partial charge in [-0.15, -0.1) is 0 Å². The molecule has 0 spiro atoms. The van der Waals surface area contributed by atoms with E-state index in [2.05, 4.69) is 22.0 Å². The van der Waals surface area contributed by atoms with Crippen molar-refractivity contribution in [3.8, 4) is 0 Å². The van der Waals surface area contributed by atoms with E-state index in [-0.39, 0.29) is 5.91 Å². The number of allylic oxidation sites excluding steroid dienone is 2. The molecule has 0 fully saturated rings. The first-order chi connectivity index (χ1) is 11.5. The summed E-state index contributed by atoms with van der Waals surface area (Å²) in [5.41, 5.74) is 0.811. The van der Waals surface area contributed by atoms with Crippen LogP contribution in [0.3, 0.4) is 0 Å². The Balaban J connectivity index is 2.46. The predicted octanol–water partition coefficient (Wildman–Crippen LogP) is 1.94. The third-order valence-electron chi connectivity index (χ3n) is 3.24. The molecule has 0 radical (unpaired) electrons. The number of amides is 1. The summed E-state index contributed by atoms with van der Waals surface area (Å²) < 4.78 is 1.72. The molecule has 0 saturated heterocycles. The fraction of sp³-hybridized carbons (Fsp3) is 0.176. The Labute approximate surface area is 153 Å². The summed E-state index contributed by atoms with van der Waals surface area (Å²) in [6.45, 7) is 1.06. The number of aliphatic carboxylic acids is 1. The monoisotopic (exact) mass is 379 g/mol. The van der Waals surface area contributed by atoms with Crippen molar-refractivity contribution in [2.75, 3.05) is 20.1 Å². The van der Waals surface area contributed by atoms with Crippen molar-refractivity contribution >= 4 is 34.1 Å². The van der Waals surface area contributed by atoms with Crippen molar-refractivity contribution in [1.29, 1.82) is 0 Å². The number of likely N-dealkylation sites (N-methyl/N-ethyl adjacent to an activating group) is 1. The zero-order valence-corrected chi connectivity index (χ0v) is 15.3. The van der Waals surface area contributed by atoms with Crippen molar-refractivity contribution < 1.29 is 31.7 Å². The zero-order valence-electron chi connectivity index (χ0n) is 13.0. The number of nitrogens with zero attached hydrogens (tertiary/aromatic N) is 2. The SMILES string of the molecule is CN1CCN=C(/C(=C/[CH]=[V])C(=CC(=O)O)Sc2ccccc2)C1=O. The molecule has 0 bridgehead atoms. The molecule has 24 heavy (non-hydrogen) atoms. The van der Waals surface area contributed by atoms with Crippen LogP contribution in [0.1, 0.15) is 0 Å². The number of carbonyl (C=O) groups is 2. The second-order valence-electron chi connectivity index (χ2n) is 4.95. The molecule has 123 valence electrons. The molecule has 1 N–H and O–H groups in total. The van der Waals surface area contributed by atoms with Gasteiger partial charge in [-0.1, -0.05) is 0 Å². The molecule has 2 rings (SSSR count). The predicted molar refractivity (Wildman–Crippen MR) is 92.1 cm³/mol. The molecular weight excluding hydrogens is 363 g/mol. The fourth-order valence-corrected chi connectivity index (χ4v) is 3.32. The van der Waals surface area contributed by atoms with Crippen LogP contribution in [-0.2, 0) is 26.6 Å². The molecule has 7 heteroatoms. The van der Waals surface area contributed by atoms with Gasteiger partial charge in [-0.25, -0.2) is 0 Å². The molecule has 0 saturated carbocycles. The van der Waals surface area contributed by atoms with E-state index in [4.69, 9.17) is 0 Å².